The van der Waals surface area contributed by atoms with Gasteiger partial charge in [0.2, 0.25) is 0 Å². The van der Waals surface area contributed by atoms with Crippen LogP contribution in [0.1, 0.15) is 15.4 Å². The Hall–Kier alpha value is -1.54. The zero-order valence-corrected chi connectivity index (χ0v) is 9.58. The maximum Gasteiger partial charge on any atom is 0.330 e. The Morgan fingerprint density at radius 2 is 2.31 bits per heavy atom. The Bertz CT molecular complexity index is 392. The summed E-state index contributed by atoms with van der Waals surface area (Å²) >= 11 is 0.923. The number of hydrogen-bond donors (Lipinski definition) is 2. The van der Waals surface area contributed by atoms with Crippen molar-refractivity contribution in [3.05, 3.63) is 10.6 Å². The first-order chi connectivity index (χ1) is 7.60. The van der Waals surface area contributed by atoms with Gasteiger partial charge in [-0.05, 0) is 18.5 Å². The van der Waals surface area contributed by atoms with Crippen LogP contribution in [0.25, 0.3) is 0 Å². The molecule has 1 aromatic heterocycles. The van der Waals surface area contributed by atoms with Crippen molar-refractivity contribution in [2.45, 2.75) is 13.0 Å². The van der Waals surface area contributed by atoms with E-state index in [0.717, 1.165) is 11.5 Å². The highest BCUT2D eigenvalue weighted by Crippen LogP contribution is 2.08. The van der Waals surface area contributed by atoms with Gasteiger partial charge in [-0.1, -0.05) is 4.49 Å². The quantitative estimate of drug-likeness (QED) is 0.667. The topological polar surface area (TPSA) is 101 Å². The maximum absolute atomic E-state index is 11.6. The fourth-order valence-electron chi connectivity index (χ4n) is 0.985. The van der Waals surface area contributed by atoms with Crippen molar-refractivity contribution < 1.29 is 19.4 Å². The Morgan fingerprint density at radius 1 is 1.62 bits per heavy atom. The molecule has 2 N–H and O–H groups in total. The van der Waals surface area contributed by atoms with Gasteiger partial charge in [0.25, 0.3) is 5.91 Å². The SMILES string of the molecule is COC(=O)C(CO)NC(=O)c1snnc1C. The third-order valence-corrected chi connectivity index (χ3v) is 2.66. The van der Waals surface area contributed by atoms with Crippen molar-refractivity contribution >= 4 is 23.4 Å². The van der Waals surface area contributed by atoms with Crippen molar-refractivity contribution in [1.29, 1.82) is 0 Å². The normalized spacial score (nSPS) is 11.9. The number of nitrogens with zero attached hydrogens (tertiary/aromatic N) is 2. The lowest BCUT2D eigenvalue weighted by Crippen LogP contribution is -2.44. The van der Waals surface area contributed by atoms with E-state index in [1.54, 1.807) is 6.92 Å². The van der Waals surface area contributed by atoms with Crippen molar-refractivity contribution in [3.63, 3.8) is 0 Å². The van der Waals surface area contributed by atoms with Gasteiger partial charge in [-0.2, -0.15) is 0 Å². The number of nitrogens with one attached hydrogen (secondary N) is 1. The van der Waals surface area contributed by atoms with Gasteiger partial charge >= 0.3 is 5.97 Å². The number of carbonyl (C=O) groups is 2. The van der Waals surface area contributed by atoms with Crippen LogP contribution in [0.4, 0.5) is 0 Å². The van der Waals surface area contributed by atoms with Crippen LogP contribution in [-0.2, 0) is 9.53 Å². The number of aryl methyl sites for hydroxylation is 1. The maximum atomic E-state index is 11.6. The second-order valence-electron chi connectivity index (χ2n) is 2.92. The molecule has 0 aliphatic rings. The number of aromatic nitrogens is 2. The van der Waals surface area contributed by atoms with E-state index < -0.39 is 24.5 Å². The first-order valence-electron chi connectivity index (χ1n) is 4.38. The fourth-order valence-corrected chi connectivity index (χ4v) is 1.54. The lowest BCUT2D eigenvalue weighted by atomic mass is 10.3. The average Bonchev–Trinajstić information content (AvgIpc) is 2.71. The molecule has 1 amide bonds. The number of methoxy groups -OCH3 is 1. The van der Waals surface area contributed by atoms with Gasteiger partial charge in [-0.25, -0.2) is 4.79 Å². The highest BCUT2D eigenvalue weighted by atomic mass is 32.1. The Kier molecular flexibility index (Phi) is 4.32. The largest absolute Gasteiger partial charge is 0.467 e. The monoisotopic (exact) mass is 245 g/mol. The average molecular weight is 245 g/mol. The lowest BCUT2D eigenvalue weighted by Gasteiger charge is -2.12. The molecule has 0 saturated carbocycles. The van der Waals surface area contributed by atoms with E-state index >= 15 is 0 Å². The van der Waals surface area contributed by atoms with Gasteiger partial charge in [0.05, 0.1) is 19.4 Å². The standard InChI is InChI=1S/C8H11N3O4S/c1-4-6(16-11-10-4)7(13)9-5(3-12)8(14)15-2/h5,12H,3H2,1-2H3,(H,9,13). The molecule has 0 aliphatic heterocycles. The van der Waals surface area contributed by atoms with E-state index in [2.05, 4.69) is 19.6 Å². The highest BCUT2D eigenvalue weighted by molar-refractivity contribution is 7.08. The van der Waals surface area contributed by atoms with E-state index in [9.17, 15) is 9.59 Å². The molecule has 0 spiro atoms. The van der Waals surface area contributed by atoms with Crippen molar-refractivity contribution in [2.24, 2.45) is 0 Å². The molecule has 8 heteroatoms. The molecule has 1 rings (SSSR count). The summed E-state index contributed by atoms with van der Waals surface area (Å²) in [4.78, 5) is 23.0. The molecule has 0 aliphatic carbocycles. The molecule has 1 unspecified atom stereocenters. The number of aliphatic hydroxyl groups excluding tert-OH is 1. The number of esters is 1. The third-order valence-electron chi connectivity index (χ3n) is 1.83. The van der Waals surface area contributed by atoms with Gasteiger partial charge in [0, 0.05) is 0 Å². The van der Waals surface area contributed by atoms with Crippen LogP contribution in [0.3, 0.4) is 0 Å². The zero-order chi connectivity index (χ0) is 12.1. The van der Waals surface area contributed by atoms with Crippen molar-refractivity contribution in [2.75, 3.05) is 13.7 Å². The van der Waals surface area contributed by atoms with E-state index in [1.165, 1.54) is 7.11 Å². The summed E-state index contributed by atoms with van der Waals surface area (Å²) in [5, 5.41) is 14.9. The Balaban J connectivity index is 2.70. The van der Waals surface area contributed by atoms with Gasteiger partial charge in [0.15, 0.2) is 6.04 Å². The first-order valence-corrected chi connectivity index (χ1v) is 5.16. The molecule has 0 radical (unpaired) electrons. The van der Waals surface area contributed by atoms with E-state index in [1.807, 2.05) is 0 Å². The fraction of sp³-hybridized carbons (Fsp3) is 0.500. The lowest BCUT2D eigenvalue weighted by molar-refractivity contribution is -0.143. The zero-order valence-electron chi connectivity index (χ0n) is 8.76. The van der Waals surface area contributed by atoms with E-state index in [0.29, 0.717) is 10.6 Å². The smallest absolute Gasteiger partial charge is 0.330 e. The molecule has 0 saturated heterocycles. The number of rotatable bonds is 4. The molecule has 0 bridgehead atoms. The molecule has 1 heterocycles. The molecule has 88 valence electrons. The summed E-state index contributed by atoms with van der Waals surface area (Å²) in [6.07, 6.45) is 0. The first kappa shape index (κ1) is 12.5. The van der Waals surface area contributed by atoms with Crippen LogP contribution in [0.15, 0.2) is 0 Å². The Morgan fingerprint density at radius 3 is 2.75 bits per heavy atom. The number of carbonyl (C=O) groups excluding carboxylic acids is 2. The molecule has 16 heavy (non-hydrogen) atoms. The van der Waals surface area contributed by atoms with Crippen LogP contribution in [0, 0.1) is 6.92 Å². The predicted molar refractivity (Wildman–Crippen MR) is 55.0 cm³/mol. The summed E-state index contributed by atoms with van der Waals surface area (Å²) in [5.41, 5.74) is 0.476. The van der Waals surface area contributed by atoms with Gasteiger partial charge in [0.1, 0.15) is 4.88 Å². The van der Waals surface area contributed by atoms with Crippen LogP contribution < -0.4 is 5.32 Å². The molecular weight excluding hydrogens is 234 g/mol. The Labute approximate surface area is 95.6 Å². The number of amides is 1. The molecule has 1 atom stereocenters. The second kappa shape index (κ2) is 5.52. The van der Waals surface area contributed by atoms with E-state index in [-0.39, 0.29) is 0 Å². The minimum atomic E-state index is -1.07. The second-order valence-corrected chi connectivity index (χ2v) is 3.67. The summed E-state index contributed by atoms with van der Waals surface area (Å²) in [6, 6.07) is -1.07. The number of ether oxygens (including phenoxy) is 1. The number of hydrogen-bond acceptors (Lipinski definition) is 7. The molecule has 0 aromatic carbocycles. The van der Waals surface area contributed by atoms with Gasteiger partial charge in [-0.3, -0.25) is 4.79 Å². The molecule has 1 aromatic rings. The van der Waals surface area contributed by atoms with Crippen molar-refractivity contribution in [3.8, 4) is 0 Å². The minimum Gasteiger partial charge on any atom is -0.467 e. The molecule has 7 nitrogen and oxygen atoms in total. The van der Waals surface area contributed by atoms with Crippen LogP contribution in [0.2, 0.25) is 0 Å². The molecular formula is C8H11N3O4S. The van der Waals surface area contributed by atoms with Gasteiger partial charge in [-0.15, -0.1) is 5.10 Å². The van der Waals surface area contributed by atoms with E-state index in [4.69, 9.17) is 5.11 Å². The van der Waals surface area contributed by atoms with Crippen LogP contribution >= 0.6 is 11.5 Å². The third kappa shape index (κ3) is 2.74. The summed E-state index contributed by atoms with van der Waals surface area (Å²) < 4.78 is 8.00. The van der Waals surface area contributed by atoms with Crippen molar-refractivity contribution in [1.82, 2.24) is 14.9 Å². The number of aliphatic hydroxyl groups is 1. The predicted octanol–water partition coefficient (Wildman–Crippen LogP) is -0.890. The molecule has 0 fully saturated rings. The summed E-state index contributed by atoms with van der Waals surface area (Å²) in [6.45, 7) is 1.11. The van der Waals surface area contributed by atoms with Crippen LogP contribution in [0.5, 0.6) is 0 Å². The summed E-state index contributed by atoms with van der Waals surface area (Å²) in [7, 11) is 1.18. The van der Waals surface area contributed by atoms with Crippen LogP contribution in [-0.4, -0.2) is 46.3 Å². The summed E-state index contributed by atoms with van der Waals surface area (Å²) in [5.74, 6) is -1.21. The highest BCUT2D eigenvalue weighted by Gasteiger charge is 2.23. The minimum absolute atomic E-state index is 0.308. The van der Waals surface area contributed by atoms with Gasteiger partial charge < -0.3 is 15.2 Å².